The number of nitrogens with one attached hydrogen (secondary N) is 1. The Hall–Kier alpha value is -0.0400. The number of rotatable bonds is 2. The van der Waals surface area contributed by atoms with Crippen molar-refractivity contribution < 1.29 is 0 Å². The van der Waals surface area contributed by atoms with E-state index in [1.165, 1.54) is 25.7 Å². The van der Waals surface area contributed by atoms with Gasteiger partial charge in [-0.05, 0) is 51.0 Å². The van der Waals surface area contributed by atoms with E-state index in [0.717, 1.165) is 23.8 Å². The highest BCUT2D eigenvalue weighted by Gasteiger charge is 2.41. The minimum Gasteiger partial charge on any atom is -0.317 e. The minimum absolute atomic E-state index is 0.755. The molecule has 0 saturated heterocycles. The van der Waals surface area contributed by atoms with Crippen LogP contribution < -0.4 is 5.32 Å². The lowest BCUT2D eigenvalue weighted by atomic mass is 9.84. The van der Waals surface area contributed by atoms with E-state index in [0.29, 0.717) is 0 Å². The van der Waals surface area contributed by atoms with Crippen molar-refractivity contribution in [1.29, 1.82) is 0 Å². The molecule has 0 amide bonds. The molecule has 2 bridgehead atoms. The zero-order valence-corrected chi connectivity index (χ0v) is 7.64. The van der Waals surface area contributed by atoms with Crippen LogP contribution in [-0.2, 0) is 0 Å². The number of hydrogen-bond acceptors (Lipinski definition) is 1. The molecule has 0 heterocycles. The third-order valence-corrected chi connectivity index (χ3v) is 3.89. The molecule has 0 aromatic carbocycles. The second-order valence-corrected chi connectivity index (χ2v) is 4.42. The van der Waals surface area contributed by atoms with E-state index in [1.54, 1.807) is 0 Å². The van der Waals surface area contributed by atoms with Crippen LogP contribution in [0.5, 0.6) is 0 Å². The van der Waals surface area contributed by atoms with Crippen LogP contribution in [0.2, 0.25) is 0 Å². The molecule has 0 radical (unpaired) electrons. The summed E-state index contributed by atoms with van der Waals surface area (Å²) in [6.07, 6.45) is 6.09. The first-order chi connectivity index (χ1) is 5.31. The molecule has 1 heteroatoms. The maximum atomic E-state index is 3.39. The summed E-state index contributed by atoms with van der Waals surface area (Å²) in [7, 11) is 2.09. The molecular formula is C10H19N. The molecule has 2 aliphatic carbocycles. The largest absolute Gasteiger partial charge is 0.317 e. The predicted octanol–water partition coefficient (Wildman–Crippen LogP) is 2.03. The summed E-state index contributed by atoms with van der Waals surface area (Å²) >= 11 is 0. The first-order valence-electron chi connectivity index (χ1n) is 4.98. The molecule has 1 N–H and O–H groups in total. The number of hydrogen-bond donors (Lipinski definition) is 1. The van der Waals surface area contributed by atoms with Gasteiger partial charge in [0, 0.05) is 6.04 Å². The molecule has 0 aliphatic heterocycles. The van der Waals surface area contributed by atoms with E-state index < -0.39 is 0 Å². The maximum Gasteiger partial charge on any atom is 0.00667 e. The van der Waals surface area contributed by atoms with Crippen LogP contribution in [0, 0.1) is 17.8 Å². The average Bonchev–Trinajstić information content (AvgIpc) is 2.62. The van der Waals surface area contributed by atoms with Gasteiger partial charge in [0.05, 0.1) is 0 Å². The molecule has 2 aliphatic rings. The Labute approximate surface area is 69.6 Å². The van der Waals surface area contributed by atoms with Crippen molar-refractivity contribution in [1.82, 2.24) is 5.32 Å². The lowest BCUT2D eigenvalue weighted by Crippen LogP contribution is -2.33. The fraction of sp³-hybridized carbons (Fsp3) is 1.00. The summed E-state index contributed by atoms with van der Waals surface area (Å²) in [5.74, 6) is 3.17. The van der Waals surface area contributed by atoms with Gasteiger partial charge >= 0.3 is 0 Å². The van der Waals surface area contributed by atoms with Crippen molar-refractivity contribution in [3.63, 3.8) is 0 Å². The van der Waals surface area contributed by atoms with Gasteiger partial charge < -0.3 is 5.32 Å². The molecule has 64 valence electrons. The van der Waals surface area contributed by atoms with E-state index in [1.807, 2.05) is 0 Å². The van der Waals surface area contributed by atoms with Gasteiger partial charge in [-0.25, -0.2) is 0 Å². The SMILES string of the molecule is CNC(C)C1CC2CCC1C2. The van der Waals surface area contributed by atoms with Crippen molar-refractivity contribution in [3.8, 4) is 0 Å². The molecule has 11 heavy (non-hydrogen) atoms. The molecule has 0 aromatic heterocycles. The Balaban J connectivity index is 1.96. The lowest BCUT2D eigenvalue weighted by Gasteiger charge is -2.27. The summed E-state index contributed by atoms with van der Waals surface area (Å²) in [5, 5.41) is 3.39. The van der Waals surface area contributed by atoms with Crippen LogP contribution in [0.25, 0.3) is 0 Å². The van der Waals surface area contributed by atoms with Gasteiger partial charge in [-0.1, -0.05) is 6.42 Å². The smallest absolute Gasteiger partial charge is 0.00667 e. The van der Waals surface area contributed by atoms with Gasteiger partial charge in [-0.3, -0.25) is 0 Å². The summed E-state index contributed by atoms with van der Waals surface area (Å²) in [5.41, 5.74) is 0. The highest BCUT2D eigenvalue weighted by Crippen LogP contribution is 2.49. The summed E-state index contributed by atoms with van der Waals surface area (Å²) in [6, 6.07) is 0.755. The normalized spacial score (nSPS) is 44.7. The molecule has 2 fully saturated rings. The minimum atomic E-state index is 0.755. The third kappa shape index (κ3) is 1.20. The number of fused-ring (bicyclic) bond motifs is 2. The zero-order valence-electron chi connectivity index (χ0n) is 7.64. The van der Waals surface area contributed by atoms with E-state index in [2.05, 4.69) is 19.3 Å². The monoisotopic (exact) mass is 153 g/mol. The van der Waals surface area contributed by atoms with Crippen LogP contribution in [0.15, 0.2) is 0 Å². The molecule has 2 rings (SSSR count). The van der Waals surface area contributed by atoms with Crippen molar-refractivity contribution in [2.45, 2.75) is 38.6 Å². The van der Waals surface area contributed by atoms with E-state index in [-0.39, 0.29) is 0 Å². The maximum absolute atomic E-state index is 3.39. The first kappa shape index (κ1) is 7.60. The summed E-state index contributed by atoms with van der Waals surface area (Å²) in [4.78, 5) is 0. The Morgan fingerprint density at radius 2 is 2.09 bits per heavy atom. The fourth-order valence-corrected chi connectivity index (χ4v) is 3.12. The molecule has 4 atom stereocenters. The van der Waals surface area contributed by atoms with Gasteiger partial charge in [0.1, 0.15) is 0 Å². The molecule has 1 nitrogen and oxygen atoms in total. The van der Waals surface area contributed by atoms with Gasteiger partial charge in [-0.2, -0.15) is 0 Å². The van der Waals surface area contributed by atoms with Crippen molar-refractivity contribution in [2.24, 2.45) is 17.8 Å². The fourth-order valence-electron chi connectivity index (χ4n) is 3.12. The quantitative estimate of drug-likeness (QED) is 0.640. The second kappa shape index (κ2) is 2.78. The van der Waals surface area contributed by atoms with Crippen molar-refractivity contribution in [2.75, 3.05) is 7.05 Å². The average molecular weight is 153 g/mol. The highest BCUT2D eigenvalue weighted by molar-refractivity contribution is 4.93. The Bertz CT molecular complexity index is 144. The third-order valence-electron chi connectivity index (χ3n) is 3.89. The Morgan fingerprint density at radius 1 is 1.27 bits per heavy atom. The predicted molar refractivity (Wildman–Crippen MR) is 47.5 cm³/mol. The topological polar surface area (TPSA) is 12.0 Å². The van der Waals surface area contributed by atoms with Gasteiger partial charge in [-0.15, -0.1) is 0 Å². The van der Waals surface area contributed by atoms with Gasteiger partial charge in [0.25, 0.3) is 0 Å². The van der Waals surface area contributed by atoms with E-state index >= 15 is 0 Å². The highest BCUT2D eigenvalue weighted by atomic mass is 14.9. The van der Waals surface area contributed by atoms with Crippen LogP contribution in [-0.4, -0.2) is 13.1 Å². The van der Waals surface area contributed by atoms with Crippen molar-refractivity contribution >= 4 is 0 Å². The molecule has 0 spiro atoms. The Morgan fingerprint density at radius 3 is 2.55 bits per heavy atom. The zero-order chi connectivity index (χ0) is 7.84. The summed E-state index contributed by atoms with van der Waals surface area (Å²) < 4.78 is 0. The van der Waals surface area contributed by atoms with E-state index in [9.17, 15) is 0 Å². The molecule has 0 aromatic rings. The standard InChI is InChI=1S/C10H19N/c1-7(11-2)10-6-8-3-4-9(10)5-8/h7-11H,3-6H2,1-2H3. The van der Waals surface area contributed by atoms with E-state index in [4.69, 9.17) is 0 Å². The molecule has 4 unspecified atom stereocenters. The van der Waals surface area contributed by atoms with Crippen molar-refractivity contribution in [3.05, 3.63) is 0 Å². The lowest BCUT2D eigenvalue weighted by molar-refractivity contribution is 0.269. The van der Waals surface area contributed by atoms with Crippen LogP contribution in [0.3, 0.4) is 0 Å². The van der Waals surface area contributed by atoms with Crippen LogP contribution >= 0.6 is 0 Å². The van der Waals surface area contributed by atoms with Gasteiger partial charge in [0.2, 0.25) is 0 Å². The molecular weight excluding hydrogens is 134 g/mol. The molecule has 2 saturated carbocycles. The Kier molecular flexibility index (Phi) is 1.92. The summed E-state index contributed by atoms with van der Waals surface area (Å²) in [6.45, 7) is 2.34. The van der Waals surface area contributed by atoms with Crippen LogP contribution in [0.4, 0.5) is 0 Å². The first-order valence-corrected chi connectivity index (χ1v) is 4.98. The van der Waals surface area contributed by atoms with Gasteiger partial charge in [0.15, 0.2) is 0 Å². The second-order valence-electron chi connectivity index (χ2n) is 4.42. The van der Waals surface area contributed by atoms with Crippen LogP contribution in [0.1, 0.15) is 32.6 Å².